The minimum atomic E-state index is -4.94. The van der Waals surface area contributed by atoms with Crippen LogP contribution in [0.3, 0.4) is 0 Å². The summed E-state index contributed by atoms with van der Waals surface area (Å²) in [6.07, 6.45) is 5.66. The third-order valence-corrected chi connectivity index (χ3v) is 6.10. The van der Waals surface area contributed by atoms with Gasteiger partial charge in [-0.25, -0.2) is 42.0 Å². The molecule has 0 fully saturated rings. The molecule has 0 unspecified atom stereocenters. The summed E-state index contributed by atoms with van der Waals surface area (Å²) in [5, 5.41) is 35.7. The molecule has 6 aromatic rings. The molecule has 0 aliphatic rings. The topological polar surface area (TPSA) is 316 Å². The number of hydrogen-bond donors (Lipinski definition) is 0. The predicted octanol–water partition coefficient (Wildman–Crippen LogP) is -2.36. The van der Waals surface area contributed by atoms with Gasteiger partial charge in [-0.1, -0.05) is 47.7 Å². The van der Waals surface area contributed by atoms with Gasteiger partial charge in [0.1, 0.15) is 0 Å². The van der Waals surface area contributed by atoms with E-state index in [2.05, 4.69) is 79.8 Å². The van der Waals surface area contributed by atoms with Crippen LogP contribution in [0.4, 0.5) is 0 Å². The second-order valence-electron chi connectivity index (χ2n) is 10.1. The number of nitriles is 3. The van der Waals surface area contributed by atoms with Crippen molar-refractivity contribution in [1.29, 1.82) is 15.8 Å². The van der Waals surface area contributed by atoms with Crippen molar-refractivity contribution in [2.75, 3.05) is 0 Å². The number of rotatable bonds is 7. The summed E-state index contributed by atoms with van der Waals surface area (Å²) in [4.78, 5) is 11.3. The molecule has 0 aliphatic carbocycles. The Morgan fingerprint density at radius 3 is 1.36 bits per heavy atom. The fourth-order valence-corrected chi connectivity index (χ4v) is 4.41. The van der Waals surface area contributed by atoms with E-state index in [4.69, 9.17) is 53.1 Å². The van der Waals surface area contributed by atoms with Gasteiger partial charge >= 0.3 is 19.5 Å². The number of benzene rings is 3. The van der Waals surface area contributed by atoms with Gasteiger partial charge < -0.3 is 0 Å². The smallest absolute Gasteiger partial charge is 0.286 e. The van der Waals surface area contributed by atoms with Gasteiger partial charge in [0, 0.05) is 52.8 Å². The Bertz CT molecular complexity index is 2010. The van der Waals surface area contributed by atoms with Crippen LogP contribution in [-0.4, -0.2) is 29.9 Å². The summed E-state index contributed by atoms with van der Waals surface area (Å²) in [6.45, 7) is 6.34. The minimum Gasteiger partial charge on any atom is -0.286 e. The van der Waals surface area contributed by atoms with Crippen molar-refractivity contribution in [1.82, 2.24) is 29.9 Å². The van der Waals surface area contributed by atoms with Crippen LogP contribution in [0.2, 0.25) is 0 Å². The van der Waals surface area contributed by atoms with Crippen molar-refractivity contribution in [2.45, 2.75) is 40.4 Å². The number of pyridine rings is 2. The van der Waals surface area contributed by atoms with E-state index in [-0.39, 0.29) is 19.5 Å². The SMILES string of the molecule is CC#N.CC#N.CC#N.[O-][Cl+3]([O-])([O-])[O-].[O-][Cl+3]([O-])([O-])[O-].[Zn+2].c1ccc(CN(Cc2ccccn2)Cc2cn(-c3ccc4cc5ccccc5cc4c3)nn2)nc1. The first kappa shape index (κ1) is 49.9. The summed E-state index contributed by atoms with van der Waals surface area (Å²) in [6, 6.07) is 36.5. The van der Waals surface area contributed by atoms with Crippen LogP contribution in [0.1, 0.15) is 37.9 Å². The molecular weight excluding hydrogens is 811 g/mol. The van der Waals surface area contributed by atoms with Crippen molar-refractivity contribution in [3.05, 3.63) is 127 Å². The average Bonchev–Trinajstić information content (AvgIpc) is 3.56. The van der Waals surface area contributed by atoms with Crippen LogP contribution >= 0.6 is 0 Å². The molecule has 0 bridgehead atoms. The largest absolute Gasteiger partial charge is 2.00 e. The van der Waals surface area contributed by atoms with Gasteiger partial charge in [0.2, 0.25) is 0 Å². The van der Waals surface area contributed by atoms with Crippen molar-refractivity contribution >= 4 is 21.5 Å². The molecule has 0 aliphatic heterocycles. The van der Waals surface area contributed by atoms with Gasteiger partial charge in [-0.15, -0.1) is 25.6 Å². The quantitative estimate of drug-likeness (QED) is 0.120. The second-order valence-corrected chi connectivity index (χ2v) is 11.6. The van der Waals surface area contributed by atoms with Crippen LogP contribution in [-0.2, 0) is 39.1 Å². The Kier molecular flexibility index (Phi) is 24.2. The summed E-state index contributed by atoms with van der Waals surface area (Å²) < 4.78 is 69.8. The van der Waals surface area contributed by atoms with Crippen molar-refractivity contribution in [3.63, 3.8) is 0 Å². The standard InChI is InChI=1S/C29H24N6.3C2H3N.2ClHO4.Zn/c1-2-8-23-16-25-17-29(12-11-24(25)15-22(23)7-1)35-21-28(32-33-35)20-34(18-26-9-3-5-13-30-26)19-27-10-4-6-14-31-27;3*1-2-3;2*2-1(3,4)5;/h1-17,21H,18-20H2;3*1H3;2*(H,2,3,4,5);/q;;;;;;+2/p-2. The molecule has 0 saturated heterocycles. The molecule has 3 aromatic carbocycles. The Morgan fingerprint density at radius 2 is 0.945 bits per heavy atom. The zero-order valence-electron chi connectivity index (χ0n) is 29.8. The zero-order valence-corrected chi connectivity index (χ0v) is 34.2. The van der Waals surface area contributed by atoms with E-state index in [0.717, 1.165) is 22.8 Å². The van der Waals surface area contributed by atoms with Gasteiger partial charge in [0.15, 0.2) is 0 Å². The van der Waals surface area contributed by atoms with Crippen molar-refractivity contribution in [3.8, 4) is 23.9 Å². The third kappa shape index (κ3) is 23.4. The van der Waals surface area contributed by atoms with E-state index in [1.807, 2.05) is 59.7 Å². The van der Waals surface area contributed by atoms with Crippen LogP contribution in [0.15, 0.2) is 110 Å². The molecule has 0 spiro atoms. The van der Waals surface area contributed by atoms with Crippen LogP contribution in [0.5, 0.6) is 0 Å². The van der Waals surface area contributed by atoms with Gasteiger partial charge in [-0.3, -0.25) is 14.9 Å². The van der Waals surface area contributed by atoms with Crippen molar-refractivity contribution < 1.29 is 77.2 Å². The van der Waals surface area contributed by atoms with Gasteiger partial charge in [0.25, 0.3) is 0 Å². The fourth-order valence-electron chi connectivity index (χ4n) is 4.41. The summed E-state index contributed by atoms with van der Waals surface area (Å²) >= 11 is 0. The minimum absolute atomic E-state index is 0. The molecule has 0 N–H and O–H groups in total. The number of fused-ring (bicyclic) bond motifs is 2. The van der Waals surface area contributed by atoms with Gasteiger partial charge in [-0.05, 0) is 70.1 Å². The molecule has 20 heteroatoms. The first-order valence-electron chi connectivity index (χ1n) is 15.1. The molecule has 3 aromatic heterocycles. The fraction of sp³-hybridized carbons (Fsp3) is 0.171. The molecule has 55 heavy (non-hydrogen) atoms. The molecule has 0 saturated carbocycles. The Labute approximate surface area is 334 Å². The molecular formula is C35H33Cl2N9O8Zn. The Morgan fingerprint density at radius 1 is 0.564 bits per heavy atom. The van der Waals surface area contributed by atoms with E-state index in [0.29, 0.717) is 19.6 Å². The maximum absolute atomic E-state index is 8.49. The number of halogens is 2. The van der Waals surface area contributed by atoms with Crippen molar-refractivity contribution in [2.24, 2.45) is 0 Å². The van der Waals surface area contributed by atoms with E-state index >= 15 is 0 Å². The van der Waals surface area contributed by atoms with E-state index in [1.54, 1.807) is 18.2 Å². The summed E-state index contributed by atoms with van der Waals surface area (Å²) in [7, 11) is -9.89. The van der Waals surface area contributed by atoms with E-state index in [1.165, 1.54) is 42.3 Å². The molecule has 6 rings (SSSR count). The number of nitrogens with zero attached hydrogens (tertiary/aromatic N) is 9. The monoisotopic (exact) mass is 841 g/mol. The van der Waals surface area contributed by atoms with Crippen LogP contribution in [0, 0.1) is 54.5 Å². The average molecular weight is 844 g/mol. The maximum Gasteiger partial charge on any atom is 2.00 e. The summed E-state index contributed by atoms with van der Waals surface area (Å²) in [5.41, 5.74) is 3.91. The molecule has 282 valence electrons. The maximum atomic E-state index is 8.49. The second kappa shape index (κ2) is 26.7. The zero-order chi connectivity index (χ0) is 40.6. The molecule has 17 nitrogen and oxygen atoms in total. The number of aromatic nitrogens is 5. The van der Waals surface area contributed by atoms with E-state index in [9.17, 15) is 0 Å². The first-order valence-corrected chi connectivity index (χ1v) is 17.5. The summed E-state index contributed by atoms with van der Waals surface area (Å²) in [5.74, 6) is 0. The van der Waals surface area contributed by atoms with E-state index < -0.39 is 20.5 Å². The van der Waals surface area contributed by atoms with Crippen LogP contribution < -0.4 is 37.3 Å². The van der Waals surface area contributed by atoms with Gasteiger partial charge in [0.05, 0.1) is 47.2 Å². The predicted molar refractivity (Wildman–Crippen MR) is 172 cm³/mol. The normalized spacial score (nSPS) is 9.91. The molecule has 0 radical (unpaired) electrons. The van der Waals surface area contributed by atoms with Crippen LogP contribution in [0.25, 0.3) is 27.2 Å². The first-order chi connectivity index (χ1) is 25.5. The Hall–Kier alpha value is -5.07. The Balaban J connectivity index is 0.00000123. The third-order valence-electron chi connectivity index (χ3n) is 6.10. The molecule has 0 amide bonds. The van der Waals surface area contributed by atoms with Gasteiger partial charge in [-0.2, -0.15) is 15.8 Å². The molecule has 3 heterocycles. The number of hydrogen-bond acceptors (Lipinski definition) is 16. The molecule has 0 atom stereocenters.